The van der Waals surface area contributed by atoms with E-state index in [0.717, 1.165) is 5.92 Å². The van der Waals surface area contributed by atoms with E-state index in [0.29, 0.717) is 0 Å². The van der Waals surface area contributed by atoms with E-state index in [-0.39, 0.29) is 0 Å². The average Bonchev–Trinajstić information content (AvgIpc) is 2.24. The molecule has 0 aromatic rings. The molecule has 0 heterocycles. The van der Waals surface area contributed by atoms with E-state index >= 15 is 0 Å². The van der Waals surface area contributed by atoms with E-state index in [1.165, 1.54) is 64.5 Å². The van der Waals surface area contributed by atoms with Crippen LogP contribution < -0.4 is 5.32 Å². The van der Waals surface area contributed by atoms with Crippen molar-refractivity contribution in [1.29, 1.82) is 0 Å². The number of hydrogen-bond acceptors (Lipinski definition) is 1. The van der Waals surface area contributed by atoms with Crippen molar-refractivity contribution >= 4 is 0 Å². The maximum atomic E-state index is 3.56. The van der Waals surface area contributed by atoms with Crippen LogP contribution in [0.3, 0.4) is 0 Å². The molecule has 0 bridgehead atoms. The Labute approximate surface area is 97.0 Å². The molecular weight excluding hydrogens is 182 g/mol. The highest BCUT2D eigenvalue weighted by atomic mass is 14.8. The van der Waals surface area contributed by atoms with Gasteiger partial charge in [-0.15, -0.1) is 0 Å². The molecule has 0 aromatic carbocycles. The standard InChI is InChI=1S/C14H31N/c1-4-7-8-9-11-14(10-5-2)13-15-12-6-3/h14-15H,4-13H2,1-3H3. The van der Waals surface area contributed by atoms with Crippen molar-refractivity contribution in [3.63, 3.8) is 0 Å². The topological polar surface area (TPSA) is 12.0 Å². The first-order chi connectivity index (χ1) is 7.35. The first-order valence-electron chi connectivity index (χ1n) is 7.05. The lowest BCUT2D eigenvalue weighted by Gasteiger charge is -2.16. The van der Waals surface area contributed by atoms with Gasteiger partial charge in [0.2, 0.25) is 0 Å². The lowest BCUT2D eigenvalue weighted by atomic mass is 9.96. The summed E-state index contributed by atoms with van der Waals surface area (Å²) in [6, 6.07) is 0. The van der Waals surface area contributed by atoms with Gasteiger partial charge in [0.05, 0.1) is 0 Å². The fourth-order valence-electron chi connectivity index (χ4n) is 2.10. The van der Waals surface area contributed by atoms with Crippen LogP contribution in [0.25, 0.3) is 0 Å². The monoisotopic (exact) mass is 213 g/mol. The second-order valence-electron chi connectivity index (χ2n) is 4.71. The Balaban J connectivity index is 3.44. The Hall–Kier alpha value is -0.0400. The second-order valence-corrected chi connectivity index (χ2v) is 4.71. The van der Waals surface area contributed by atoms with E-state index in [4.69, 9.17) is 0 Å². The zero-order chi connectivity index (χ0) is 11.4. The quantitative estimate of drug-likeness (QED) is 0.502. The van der Waals surface area contributed by atoms with Crippen molar-refractivity contribution in [2.45, 2.75) is 72.1 Å². The molecular formula is C14H31N. The summed E-state index contributed by atoms with van der Waals surface area (Å²) in [6.45, 7) is 9.26. The molecule has 0 spiro atoms. The fraction of sp³-hybridized carbons (Fsp3) is 1.00. The predicted molar refractivity (Wildman–Crippen MR) is 70.3 cm³/mol. The third kappa shape index (κ3) is 10.2. The summed E-state index contributed by atoms with van der Waals surface area (Å²) in [5.41, 5.74) is 0. The van der Waals surface area contributed by atoms with Crippen LogP contribution in [-0.2, 0) is 0 Å². The largest absolute Gasteiger partial charge is 0.316 e. The summed E-state index contributed by atoms with van der Waals surface area (Å²) >= 11 is 0. The Morgan fingerprint density at radius 3 is 2.20 bits per heavy atom. The SMILES string of the molecule is CCCCCCC(CCC)CNCCC. The van der Waals surface area contributed by atoms with Gasteiger partial charge in [0, 0.05) is 0 Å². The van der Waals surface area contributed by atoms with Gasteiger partial charge in [0.1, 0.15) is 0 Å². The second kappa shape index (κ2) is 12.0. The van der Waals surface area contributed by atoms with Gasteiger partial charge in [-0.25, -0.2) is 0 Å². The molecule has 0 aliphatic heterocycles. The summed E-state index contributed by atoms with van der Waals surface area (Å²) in [6.07, 6.45) is 11.1. The molecule has 0 rings (SSSR count). The first-order valence-corrected chi connectivity index (χ1v) is 7.05. The molecule has 0 saturated carbocycles. The Bertz CT molecular complexity index is 112. The molecule has 1 unspecified atom stereocenters. The molecule has 1 atom stereocenters. The summed E-state index contributed by atoms with van der Waals surface area (Å²) in [5, 5.41) is 3.56. The van der Waals surface area contributed by atoms with Crippen LogP contribution in [0.5, 0.6) is 0 Å². The molecule has 0 amide bonds. The van der Waals surface area contributed by atoms with E-state index in [1.807, 2.05) is 0 Å². The molecule has 0 saturated heterocycles. The lowest BCUT2D eigenvalue weighted by molar-refractivity contribution is 0.396. The number of unbranched alkanes of at least 4 members (excludes halogenated alkanes) is 3. The molecule has 0 aliphatic carbocycles. The van der Waals surface area contributed by atoms with Gasteiger partial charge in [-0.05, 0) is 38.3 Å². The van der Waals surface area contributed by atoms with Crippen molar-refractivity contribution in [3.05, 3.63) is 0 Å². The fourth-order valence-corrected chi connectivity index (χ4v) is 2.10. The average molecular weight is 213 g/mol. The van der Waals surface area contributed by atoms with Crippen molar-refractivity contribution in [3.8, 4) is 0 Å². The van der Waals surface area contributed by atoms with Gasteiger partial charge in [-0.1, -0.05) is 52.9 Å². The molecule has 1 nitrogen and oxygen atoms in total. The molecule has 0 radical (unpaired) electrons. The highest BCUT2D eigenvalue weighted by Gasteiger charge is 2.06. The lowest BCUT2D eigenvalue weighted by Crippen LogP contribution is -2.23. The minimum Gasteiger partial charge on any atom is -0.316 e. The van der Waals surface area contributed by atoms with Crippen LogP contribution >= 0.6 is 0 Å². The van der Waals surface area contributed by atoms with Gasteiger partial charge in [-0.3, -0.25) is 0 Å². The molecule has 0 aromatic heterocycles. The summed E-state index contributed by atoms with van der Waals surface area (Å²) < 4.78 is 0. The smallest absolute Gasteiger partial charge is 0.00205 e. The van der Waals surface area contributed by atoms with Crippen LogP contribution in [0.15, 0.2) is 0 Å². The van der Waals surface area contributed by atoms with Gasteiger partial charge in [-0.2, -0.15) is 0 Å². The highest BCUT2D eigenvalue weighted by molar-refractivity contribution is 4.62. The van der Waals surface area contributed by atoms with Crippen molar-refractivity contribution < 1.29 is 0 Å². The van der Waals surface area contributed by atoms with Crippen LogP contribution in [0.4, 0.5) is 0 Å². The zero-order valence-electron chi connectivity index (χ0n) is 11.1. The third-order valence-electron chi connectivity index (χ3n) is 3.02. The van der Waals surface area contributed by atoms with Crippen molar-refractivity contribution in [1.82, 2.24) is 5.32 Å². The summed E-state index contributed by atoms with van der Waals surface area (Å²) in [4.78, 5) is 0. The van der Waals surface area contributed by atoms with Crippen LogP contribution in [0.1, 0.15) is 72.1 Å². The van der Waals surface area contributed by atoms with E-state index in [1.54, 1.807) is 0 Å². The van der Waals surface area contributed by atoms with E-state index < -0.39 is 0 Å². The van der Waals surface area contributed by atoms with E-state index in [9.17, 15) is 0 Å². The maximum Gasteiger partial charge on any atom is -0.00205 e. The van der Waals surface area contributed by atoms with Crippen LogP contribution in [-0.4, -0.2) is 13.1 Å². The molecule has 92 valence electrons. The number of nitrogens with one attached hydrogen (secondary N) is 1. The molecule has 0 fully saturated rings. The third-order valence-corrected chi connectivity index (χ3v) is 3.02. The van der Waals surface area contributed by atoms with E-state index in [2.05, 4.69) is 26.1 Å². The molecule has 1 N–H and O–H groups in total. The van der Waals surface area contributed by atoms with Gasteiger partial charge in [0.15, 0.2) is 0 Å². The first kappa shape index (κ1) is 15.0. The maximum absolute atomic E-state index is 3.56. The van der Waals surface area contributed by atoms with Gasteiger partial charge >= 0.3 is 0 Å². The van der Waals surface area contributed by atoms with Crippen molar-refractivity contribution in [2.24, 2.45) is 5.92 Å². The molecule has 15 heavy (non-hydrogen) atoms. The number of rotatable bonds is 11. The summed E-state index contributed by atoms with van der Waals surface area (Å²) in [7, 11) is 0. The molecule has 0 aliphatic rings. The van der Waals surface area contributed by atoms with Crippen LogP contribution in [0.2, 0.25) is 0 Å². The van der Waals surface area contributed by atoms with Gasteiger partial charge < -0.3 is 5.32 Å². The zero-order valence-corrected chi connectivity index (χ0v) is 11.1. The Morgan fingerprint density at radius 2 is 1.60 bits per heavy atom. The Morgan fingerprint density at radius 1 is 0.800 bits per heavy atom. The number of hydrogen-bond donors (Lipinski definition) is 1. The van der Waals surface area contributed by atoms with Gasteiger partial charge in [0.25, 0.3) is 0 Å². The van der Waals surface area contributed by atoms with Crippen LogP contribution in [0, 0.1) is 5.92 Å². The minimum absolute atomic E-state index is 0.929. The normalized spacial score (nSPS) is 13.0. The minimum atomic E-state index is 0.929. The molecule has 1 heteroatoms. The predicted octanol–water partition coefficient (Wildman–Crippen LogP) is 4.37. The summed E-state index contributed by atoms with van der Waals surface area (Å²) in [5.74, 6) is 0.929. The highest BCUT2D eigenvalue weighted by Crippen LogP contribution is 2.15. The van der Waals surface area contributed by atoms with Crippen molar-refractivity contribution in [2.75, 3.05) is 13.1 Å². The Kier molecular flexibility index (Phi) is 12.0.